The van der Waals surface area contributed by atoms with Gasteiger partial charge in [-0.15, -0.1) is 0 Å². The number of rotatable bonds is 3. The Morgan fingerprint density at radius 1 is 1.00 bits per heavy atom. The third kappa shape index (κ3) is 4.40. The molecule has 0 aliphatic carbocycles. The molecule has 2 aliphatic heterocycles. The molecule has 2 aromatic rings. The minimum atomic E-state index is -0.516. The van der Waals surface area contributed by atoms with E-state index in [2.05, 4.69) is 5.32 Å². The lowest BCUT2D eigenvalue weighted by atomic mass is 10.1. The standard InChI is InChI=1S/C24H27N3O4/c1-24(2,3)31-23(30)26-14-6-7-17(15-26)25-16-10-12-18(13-11-16)27-21(28)19-8-4-5-9-20(19)22(27)29/h4-5,8-13,17,25H,6-7,14-15H2,1-3H3. The molecule has 2 aliphatic rings. The molecule has 1 fully saturated rings. The smallest absolute Gasteiger partial charge is 0.410 e. The molecule has 0 radical (unpaired) electrons. The third-order valence-electron chi connectivity index (χ3n) is 5.36. The molecule has 0 saturated carbocycles. The highest BCUT2D eigenvalue weighted by Gasteiger charge is 2.36. The number of hydrogen-bond donors (Lipinski definition) is 1. The average molecular weight is 421 g/mol. The van der Waals surface area contributed by atoms with Crippen molar-refractivity contribution >= 4 is 29.3 Å². The van der Waals surface area contributed by atoms with Crippen LogP contribution in [0.25, 0.3) is 0 Å². The summed E-state index contributed by atoms with van der Waals surface area (Å²) < 4.78 is 5.49. The fraction of sp³-hybridized carbons (Fsp3) is 0.375. The fourth-order valence-corrected chi connectivity index (χ4v) is 3.95. The molecule has 1 unspecified atom stereocenters. The summed E-state index contributed by atoms with van der Waals surface area (Å²) in [5, 5.41) is 3.45. The van der Waals surface area contributed by atoms with Crippen molar-refractivity contribution in [3.05, 3.63) is 59.7 Å². The number of carbonyl (C=O) groups excluding carboxylic acids is 3. The van der Waals surface area contributed by atoms with Crippen LogP contribution in [0, 0.1) is 0 Å². The van der Waals surface area contributed by atoms with Crippen LogP contribution in [0.4, 0.5) is 16.2 Å². The average Bonchev–Trinajstić information content (AvgIpc) is 2.98. The van der Waals surface area contributed by atoms with Crippen LogP contribution in [0.3, 0.4) is 0 Å². The lowest BCUT2D eigenvalue weighted by Crippen LogP contribution is -2.46. The van der Waals surface area contributed by atoms with Crippen LogP contribution in [0.15, 0.2) is 48.5 Å². The molecule has 0 aromatic heterocycles. The molecular weight excluding hydrogens is 394 g/mol. The second kappa shape index (κ2) is 8.06. The molecular formula is C24H27N3O4. The SMILES string of the molecule is CC(C)(C)OC(=O)N1CCCC(Nc2ccc(N3C(=O)c4ccccc4C3=O)cc2)C1. The van der Waals surface area contributed by atoms with Crippen LogP contribution in [0.2, 0.25) is 0 Å². The van der Waals surface area contributed by atoms with E-state index in [4.69, 9.17) is 4.74 Å². The quantitative estimate of drug-likeness (QED) is 0.748. The van der Waals surface area contributed by atoms with Crippen LogP contribution in [0.1, 0.15) is 54.3 Å². The summed E-state index contributed by atoms with van der Waals surface area (Å²) >= 11 is 0. The number of amides is 3. The van der Waals surface area contributed by atoms with Gasteiger partial charge < -0.3 is 15.0 Å². The molecule has 4 rings (SSSR count). The summed E-state index contributed by atoms with van der Waals surface area (Å²) in [6, 6.07) is 14.2. The summed E-state index contributed by atoms with van der Waals surface area (Å²) in [7, 11) is 0. The van der Waals surface area contributed by atoms with Gasteiger partial charge in [-0.2, -0.15) is 0 Å². The predicted octanol–water partition coefficient (Wildman–Crippen LogP) is 4.30. The van der Waals surface area contributed by atoms with Gasteiger partial charge in [0.05, 0.1) is 16.8 Å². The molecule has 1 atom stereocenters. The maximum Gasteiger partial charge on any atom is 0.410 e. The molecule has 0 spiro atoms. The van der Waals surface area contributed by atoms with Crippen LogP contribution in [-0.4, -0.2) is 47.5 Å². The Labute approximate surface area is 182 Å². The van der Waals surface area contributed by atoms with Crippen molar-refractivity contribution in [3.8, 4) is 0 Å². The first-order chi connectivity index (χ1) is 14.7. The molecule has 7 heteroatoms. The van der Waals surface area contributed by atoms with Crippen molar-refractivity contribution in [2.24, 2.45) is 0 Å². The molecule has 3 amide bonds. The number of hydrogen-bond acceptors (Lipinski definition) is 5. The van der Waals surface area contributed by atoms with E-state index < -0.39 is 5.60 Å². The van der Waals surface area contributed by atoms with Crippen LogP contribution in [-0.2, 0) is 4.74 Å². The highest BCUT2D eigenvalue weighted by atomic mass is 16.6. The first kappa shape index (κ1) is 20.9. The number of nitrogens with zero attached hydrogens (tertiary/aromatic N) is 2. The van der Waals surface area contributed by atoms with Crippen molar-refractivity contribution in [3.63, 3.8) is 0 Å². The highest BCUT2D eigenvalue weighted by Crippen LogP contribution is 2.29. The van der Waals surface area contributed by atoms with Gasteiger partial charge >= 0.3 is 6.09 Å². The monoisotopic (exact) mass is 421 g/mol. The van der Waals surface area contributed by atoms with Crippen molar-refractivity contribution in [1.29, 1.82) is 0 Å². The number of nitrogens with one attached hydrogen (secondary N) is 1. The Bertz CT molecular complexity index is 975. The summed E-state index contributed by atoms with van der Waals surface area (Å²) in [6.07, 6.45) is 1.55. The summed E-state index contributed by atoms with van der Waals surface area (Å²) in [5.74, 6) is -0.608. The molecule has 162 valence electrons. The van der Waals surface area contributed by atoms with Crippen LogP contribution < -0.4 is 10.2 Å². The number of piperidine rings is 1. The number of anilines is 2. The van der Waals surface area contributed by atoms with Gasteiger partial charge in [-0.05, 0) is 70.0 Å². The number of carbonyl (C=O) groups is 3. The van der Waals surface area contributed by atoms with E-state index in [0.29, 0.717) is 29.9 Å². The van der Waals surface area contributed by atoms with Gasteiger partial charge in [-0.1, -0.05) is 12.1 Å². The molecule has 0 bridgehead atoms. The van der Waals surface area contributed by atoms with E-state index >= 15 is 0 Å². The predicted molar refractivity (Wildman–Crippen MR) is 118 cm³/mol. The van der Waals surface area contributed by atoms with Gasteiger partial charge in [-0.3, -0.25) is 9.59 Å². The summed E-state index contributed by atoms with van der Waals surface area (Å²) in [5.41, 5.74) is 1.75. The molecule has 31 heavy (non-hydrogen) atoms. The van der Waals surface area contributed by atoms with E-state index in [1.54, 1.807) is 41.3 Å². The van der Waals surface area contributed by atoms with Gasteiger partial charge in [0.25, 0.3) is 11.8 Å². The van der Waals surface area contributed by atoms with E-state index in [1.165, 1.54) is 4.90 Å². The van der Waals surface area contributed by atoms with Crippen molar-refractivity contribution in [2.45, 2.75) is 45.3 Å². The number of benzene rings is 2. The maximum absolute atomic E-state index is 12.6. The molecule has 2 heterocycles. The first-order valence-corrected chi connectivity index (χ1v) is 10.6. The van der Waals surface area contributed by atoms with E-state index in [9.17, 15) is 14.4 Å². The van der Waals surface area contributed by atoms with Gasteiger partial charge in [0.1, 0.15) is 5.60 Å². The Morgan fingerprint density at radius 2 is 1.61 bits per heavy atom. The Kier molecular flexibility index (Phi) is 5.43. The van der Waals surface area contributed by atoms with Gasteiger partial charge in [0, 0.05) is 24.8 Å². The van der Waals surface area contributed by atoms with E-state index in [0.717, 1.165) is 18.5 Å². The topological polar surface area (TPSA) is 79.0 Å². The number of imide groups is 1. The minimum Gasteiger partial charge on any atom is -0.444 e. The second-order valence-corrected chi connectivity index (χ2v) is 8.95. The van der Waals surface area contributed by atoms with Gasteiger partial charge in [0.15, 0.2) is 0 Å². The van der Waals surface area contributed by atoms with Crippen LogP contribution >= 0.6 is 0 Å². The lowest BCUT2D eigenvalue weighted by molar-refractivity contribution is 0.0206. The molecule has 1 N–H and O–H groups in total. The number of ether oxygens (including phenoxy) is 1. The zero-order chi connectivity index (χ0) is 22.2. The zero-order valence-electron chi connectivity index (χ0n) is 18.1. The van der Waals surface area contributed by atoms with Crippen molar-refractivity contribution in [1.82, 2.24) is 4.90 Å². The fourth-order valence-electron chi connectivity index (χ4n) is 3.95. The largest absolute Gasteiger partial charge is 0.444 e. The molecule has 2 aromatic carbocycles. The van der Waals surface area contributed by atoms with E-state index in [-0.39, 0.29) is 23.9 Å². The maximum atomic E-state index is 12.6. The Hall–Kier alpha value is -3.35. The number of fused-ring (bicyclic) bond motifs is 1. The summed E-state index contributed by atoms with van der Waals surface area (Å²) in [4.78, 5) is 40.6. The third-order valence-corrected chi connectivity index (χ3v) is 5.36. The van der Waals surface area contributed by atoms with Gasteiger partial charge in [0.2, 0.25) is 0 Å². The van der Waals surface area contributed by atoms with Crippen LogP contribution in [0.5, 0.6) is 0 Å². The molecule has 1 saturated heterocycles. The second-order valence-electron chi connectivity index (χ2n) is 8.95. The Morgan fingerprint density at radius 3 is 2.19 bits per heavy atom. The van der Waals surface area contributed by atoms with Gasteiger partial charge in [-0.25, -0.2) is 9.69 Å². The van der Waals surface area contributed by atoms with E-state index in [1.807, 2.05) is 32.9 Å². The Balaban J connectivity index is 1.41. The zero-order valence-corrected chi connectivity index (χ0v) is 18.1. The van der Waals surface area contributed by atoms with Crippen molar-refractivity contribution in [2.75, 3.05) is 23.3 Å². The van der Waals surface area contributed by atoms with Crippen molar-refractivity contribution < 1.29 is 19.1 Å². The molecule has 7 nitrogen and oxygen atoms in total. The normalized spacial score (nSPS) is 18.7. The minimum absolute atomic E-state index is 0.103. The lowest BCUT2D eigenvalue weighted by Gasteiger charge is -2.34. The highest BCUT2D eigenvalue weighted by molar-refractivity contribution is 6.34. The number of likely N-dealkylation sites (tertiary alicyclic amines) is 1. The summed E-state index contributed by atoms with van der Waals surface area (Å²) in [6.45, 7) is 6.84. The first-order valence-electron chi connectivity index (χ1n) is 10.6.